The molecule has 96 valence electrons. The van der Waals surface area contributed by atoms with Crippen molar-refractivity contribution in [2.75, 3.05) is 0 Å². The van der Waals surface area contributed by atoms with Gasteiger partial charge in [0.1, 0.15) is 22.7 Å². The number of H-pyrrole nitrogens is 1. The number of halogens is 3. The molecule has 3 rings (SSSR count). The fourth-order valence-corrected chi connectivity index (χ4v) is 1.91. The molecule has 3 aromatic rings. The molecular formula is C13H8F3N3. The molecule has 6 heteroatoms. The number of aryl methyl sites for hydroxylation is 1. The van der Waals surface area contributed by atoms with E-state index in [0.29, 0.717) is 11.1 Å². The van der Waals surface area contributed by atoms with E-state index in [1.807, 2.05) is 0 Å². The third-order valence-electron chi connectivity index (χ3n) is 2.87. The zero-order valence-electron chi connectivity index (χ0n) is 9.84. The Morgan fingerprint density at radius 2 is 1.84 bits per heavy atom. The minimum absolute atomic E-state index is 0.0355. The normalized spacial score (nSPS) is 11.2. The third-order valence-corrected chi connectivity index (χ3v) is 2.87. The van der Waals surface area contributed by atoms with Gasteiger partial charge in [-0.3, -0.25) is 0 Å². The molecule has 19 heavy (non-hydrogen) atoms. The molecule has 0 aliphatic heterocycles. The lowest BCUT2D eigenvalue weighted by atomic mass is 10.1. The molecule has 1 aromatic carbocycles. The molecular weight excluding hydrogens is 255 g/mol. The van der Waals surface area contributed by atoms with Gasteiger partial charge in [-0.05, 0) is 24.6 Å². The smallest absolute Gasteiger partial charge is 0.213 e. The van der Waals surface area contributed by atoms with Crippen LogP contribution in [0.3, 0.4) is 0 Å². The Bertz CT molecular complexity index is 741. The lowest BCUT2D eigenvalue weighted by molar-refractivity contribution is 0.583. The van der Waals surface area contributed by atoms with Crippen LogP contribution < -0.4 is 0 Å². The van der Waals surface area contributed by atoms with Crippen molar-refractivity contribution in [2.45, 2.75) is 6.92 Å². The number of nitrogens with one attached hydrogen (secondary N) is 1. The highest BCUT2D eigenvalue weighted by Gasteiger charge is 2.14. The van der Waals surface area contributed by atoms with Gasteiger partial charge in [0.2, 0.25) is 5.95 Å². The highest BCUT2D eigenvalue weighted by molar-refractivity contribution is 5.80. The lowest BCUT2D eigenvalue weighted by Crippen LogP contribution is -1.90. The first-order chi connectivity index (χ1) is 9.06. The van der Waals surface area contributed by atoms with Gasteiger partial charge in [-0.1, -0.05) is 0 Å². The highest BCUT2D eigenvalue weighted by Crippen LogP contribution is 2.26. The molecule has 0 aliphatic rings. The van der Waals surface area contributed by atoms with Crippen molar-refractivity contribution in [3.05, 3.63) is 47.5 Å². The number of hydrogen-bond donors (Lipinski definition) is 1. The SMILES string of the molecule is Cc1cnc(F)cc1-c1nc2c(F)ccc(F)c2[nH]1. The Hall–Kier alpha value is -2.37. The van der Waals surface area contributed by atoms with Crippen molar-refractivity contribution in [2.24, 2.45) is 0 Å². The summed E-state index contributed by atoms with van der Waals surface area (Å²) < 4.78 is 40.2. The summed E-state index contributed by atoms with van der Waals surface area (Å²) in [7, 11) is 0. The topological polar surface area (TPSA) is 41.6 Å². The quantitative estimate of drug-likeness (QED) is 0.684. The molecule has 0 unspecified atom stereocenters. The first kappa shape index (κ1) is 11.7. The van der Waals surface area contributed by atoms with Gasteiger partial charge in [0.25, 0.3) is 0 Å². The van der Waals surface area contributed by atoms with Gasteiger partial charge >= 0.3 is 0 Å². The van der Waals surface area contributed by atoms with Crippen LogP contribution in [-0.4, -0.2) is 15.0 Å². The molecule has 3 nitrogen and oxygen atoms in total. The molecule has 0 atom stereocenters. The fraction of sp³-hybridized carbons (Fsp3) is 0.0769. The Morgan fingerprint density at radius 1 is 1.11 bits per heavy atom. The number of pyridine rings is 1. The summed E-state index contributed by atoms with van der Waals surface area (Å²) >= 11 is 0. The summed E-state index contributed by atoms with van der Waals surface area (Å²) in [5.74, 6) is -1.71. The Balaban J connectivity index is 2.29. The predicted molar refractivity (Wildman–Crippen MR) is 63.9 cm³/mol. The van der Waals surface area contributed by atoms with Gasteiger partial charge in [0.15, 0.2) is 5.82 Å². The molecule has 0 bridgehead atoms. The Kier molecular flexibility index (Phi) is 2.51. The van der Waals surface area contributed by atoms with Crippen LogP contribution >= 0.6 is 0 Å². The van der Waals surface area contributed by atoms with Crippen molar-refractivity contribution in [1.29, 1.82) is 0 Å². The Labute approximate surface area is 106 Å². The van der Waals surface area contributed by atoms with E-state index in [4.69, 9.17) is 0 Å². The summed E-state index contributed by atoms with van der Waals surface area (Å²) in [6, 6.07) is 3.19. The number of aromatic amines is 1. The van der Waals surface area contributed by atoms with E-state index in [9.17, 15) is 13.2 Å². The molecule has 0 spiro atoms. The van der Waals surface area contributed by atoms with Crippen molar-refractivity contribution in [1.82, 2.24) is 15.0 Å². The third kappa shape index (κ3) is 1.85. The van der Waals surface area contributed by atoms with E-state index in [1.165, 1.54) is 12.3 Å². The number of fused-ring (bicyclic) bond motifs is 1. The lowest BCUT2D eigenvalue weighted by Gasteiger charge is -2.00. The number of nitrogens with zero attached hydrogens (tertiary/aromatic N) is 2. The van der Waals surface area contributed by atoms with E-state index in [2.05, 4.69) is 15.0 Å². The highest BCUT2D eigenvalue weighted by atomic mass is 19.1. The Morgan fingerprint density at radius 3 is 2.58 bits per heavy atom. The summed E-state index contributed by atoms with van der Waals surface area (Å²) in [5.41, 5.74) is 0.932. The zero-order valence-corrected chi connectivity index (χ0v) is 9.84. The molecule has 0 amide bonds. The number of imidazole rings is 1. The molecule has 0 aliphatic carbocycles. The van der Waals surface area contributed by atoms with Crippen LogP contribution in [0.15, 0.2) is 24.4 Å². The number of aromatic nitrogens is 3. The van der Waals surface area contributed by atoms with E-state index < -0.39 is 17.6 Å². The molecule has 0 fully saturated rings. The summed E-state index contributed by atoms with van der Waals surface area (Å²) in [6.07, 6.45) is 1.34. The van der Waals surface area contributed by atoms with Crippen LogP contribution in [0, 0.1) is 24.5 Å². The van der Waals surface area contributed by atoms with Crippen molar-refractivity contribution < 1.29 is 13.2 Å². The number of hydrogen-bond acceptors (Lipinski definition) is 2. The van der Waals surface area contributed by atoms with Crippen LogP contribution in [0.2, 0.25) is 0 Å². The van der Waals surface area contributed by atoms with Crippen LogP contribution in [0.4, 0.5) is 13.2 Å². The largest absolute Gasteiger partial charge is 0.335 e. The van der Waals surface area contributed by atoms with Crippen LogP contribution in [-0.2, 0) is 0 Å². The van der Waals surface area contributed by atoms with E-state index in [1.54, 1.807) is 6.92 Å². The van der Waals surface area contributed by atoms with Crippen molar-refractivity contribution in [3.63, 3.8) is 0 Å². The van der Waals surface area contributed by atoms with Crippen molar-refractivity contribution >= 4 is 11.0 Å². The van der Waals surface area contributed by atoms with Crippen LogP contribution in [0.25, 0.3) is 22.4 Å². The minimum atomic E-state index is -0.679. The van der Waals surface area contributed by atoms with Crippen LogP contribution in [0.5, 0.6) is 0 Å². The second kappa shape index (κ2) is 4.08. The van der Waals surface area contributed by atoms with Gasteiger partial charge in [-0.2, -0.15) is 4.39 Å². The van der Waals surface area contributed by atoms with E-state index in [0.717, 1.165) is 12.1 Å². The zero-order chi connectivity index (χ0) is 13.6. The van der Waals surface area contributed by atoms with Gasteiger partial charge in [-0.15, -0.1) is 0 Å². The average Bonchev–Trinajstić information content (AvgIpc) is 2.83. The molecule has 0 radical (unpaired) electrons. The van der Waals surface area contributed by atoms with Gasteiger partial charge < -0.3 is 4.98 Å². The molecule has 2 aromatic heterocycles. The van der Waals surface area contributed by atoms with E-state index >= 15 is 0 Å². The second-order valence-corrected chi connectivity index (χ2v) is 4.16. The van der Waals surface area contributed by atoms with Gasteiger partial charge in [-0.25, -0.2) is 18.7 Å². The van der Waals surface area contributed by atoms with Gasteiger partial charge in [0, 0.05) is 17.8 Å². The first-order valence-electron chi connectivity index (χ1n) is 5.52. The monoisotopic (exact) mass is 263 g/mol. The maximum atomic E-state index is 13.6. The van der Waals surface area contributed by atoms with Gasteiger partial charge in [0.05, 0.1) is 0 Å². The van der Waals surface area contributed by atoms with Crippen molar-refractivity contribution in [3.8, 4) is 11.4 Å². The standard InChI is InChI=1S/C13H8F3N3/c1-6-5-17-10(16)4-7(6)13-18-11-8(14)2-3-9(15)12(11)19-13/h2-5H,1H3,(H,18,19). The first-order valence-corrected chi connectivity index (χ1v) is 5.52. The average molecular weight is 263 g/mol. The number of rotatable bonds is 1. The molecule has 0 saturated heterocycles. The summed E-state index contributed by atoms with van der Waals surface area (Å²) in [4.78, 5) is 10.1. The van der Waals surface area contributed by atoms with E-state index in [-0.39, 0.29) is 16.9 Å². The maximum Gasteiger partial charge on any atom is 0.213 e. The molecule has 1 N–H and O–H groups in total. The second-order valence-electron chi connectivity index (χ2n) is 4.16. The molecule has 2 heterocycles. The minimum Gasteiger partial charge on any atom is -0.335 e. The maximum absolute atomic E-state index is 13.6. The fourth-order valence-electron chi connectivity index (χ4n) is 1.91. The number of benzene rings is 1. The summed E-state index contributed by atoms with van der Waals surface area (Å²) in [5, 5.41) is 0. The van der Waals surface area contributed by atoms with Crippen LogP contribution in [0.1, 0.15) is 5.56 Å². The predicted octanol–water partition coefficient (Wildman–Crippen LogP) is 3.35. The summed E-state index contributed by atoms with van der Waals surface area (Å²) in [6.45, 7) is 1.71. The molecule has 0 saturated carbocycles.